The zero-order valence-electron chi connectivity index (χ0n) is 21.9. The van der Waals surface area contributed by atoms with Crippen LogP contribution in [0.25, 0.3) is 16.9 Å². The summed E-state index contributed by atoms with van der Waals surface area (Å²) in [4.78, 5) is 44.1. The van der Waals surface area contributed by atoms with Gasteiger partial charge < -0.3 is 14.2 Å². The first kappa shape index (κ1) is 29.6. The Labute approximate surface area is 243 Å². The van der Waals surface area contributed by atoms with E-state index in [1.54, 1.807) is 7.11 Å². The molecule has 0 bridgehead atoms. The molecule has 0 saturated carbocycles. The van der Waals surface area contributed by atoms with Gasteiger partial charge in [-0.25, -0.2) is 14.6 Å². The van der Waals surface area contributed by atoms with E-state index < -0.39 is 22.6 Å². The molecule has 0 saturated heterocycles. The maximum Gasteiger partial charge on any atom is 0.350 e. The molecule has 2 heterocycles. The highest BCUT2D eigenvalue weighted by Gasteiger charge is 2.34. The lowest BCUT2D eigenvalue weighted by Crippen LogP contribution is -2.30. The molecular weight excluding hydrogens is 579 g/mol. The van der Waals surface area contributed by atoms with Crippen molar-refractivity contribution in [1.82, 2.24) is 19.7 Å². The van der Waals surface area contributed by atoms with Gasteiger partial charge in [-0.15, -0.1) is 11.3 Å². The molecule has 4 aromatic rings. The Morgan fingerprint density at radius 1 is 1.05 bits per heavy atom. The van der Waals surface area contributed by atoms with E-state index in [9.17, 15) is 14.4 Å². The predicted molar refractivity (Wildman–Crippen MR) is 153 cm³/mol. The Hall–Kier alpha value is -3.35. The summed E-state index contributed by atoms with van der Waals surface area (Å²) in [7, 11) is 1.58. The highest BCUT2D eigenvalue weighted by atomic mass is 35.5. The number of rotatable bonds is 11. The fourth-order valence-electron chi connectivity index (χ4n) is 3.94. The van der Waals surface area contributed by atoms with Gasteiger partial charge in [0, 0.05) is 33.7 Å². The van der Waals surface area contributed by atoms with Crippen LogP contribution in [0.4, 0.5) is 0 Å². The standard InChI is InChI=1S/C27H26Cl2N4O6S/c1-27(2,21-18(28)13-17(14-19(21)29)33-26(36)31-20(34)15-30-33)25-32-22(16-7-5-4-6-8-16)23(40-25)24(35)39-12-11-38-10-9-37-3/h4-8,13-15H,9-12H2,1-3H3,(H,31,34,36). The van der Waals surface area contributed by atoms with Gasteiger partial charge in [0.05, 0.1) is 31.2 Å². The largest absolute Gasteiger partial charge is 0.459 e. The lowest BCUT2D eigenvalue weighted by molar-refractivity contribution is 0.0218. The van der Waals surface area contributed by atoms with Crippen molar-refractivity contribution in [2.24, 2.45) is 0 Å². The average molecular weight is 606 g/mol. The summed E-state index contributed by atoms with van der Waals surface area (Å²) >= 11 is 14.6. The number of halogens is 2. The molecule has 0 atom stereocenters. The lowest BCUT2D eigenvalue weighted by atomic mass is 9.85. The van der Waals surface area contributed by atoms with Crippen LogP contribution in [0, 0.1) is 0 Å². The Balaban J connectivity index is 1.70. The van der Waals surface area contributed by atoms with Gasteiger partial charge in [-0.3, -0.25) is 9.78 Å². The number of aromatic amines is 1. The van der Waals surface area contributed by atoms with Gasteiger partial charge >= 0.3 is 11.7 Å². The molecule has 0 amide bonds. The van der Waals surface area contributed by atoms with Crippen LogP contribution in [0.15, 0.2) is 58.3 Å². The van der Waals surface area contributed by atoms with Crippen LogP contribution in [-0.2, 0) is 19.6 Å². The van der Waals surface area contributed by atoms with E-state index in [2.05, 4.69) is 10.1 Å². The van der Waals surface area contributed by atoms with Crippen LogP contribution >= 0.6 is 34.5 Å². The average Bonchev–Trinajstić information content (AvgIpc) is 3.37. The number of benzene rings is 2. The minimum absolute atomic E-state index is 0.0741. The van der Waals surface area contributed by atoms with Gasteiger partial charge in [-0.1, -0.05) is 53.5 Å². The van der Waals surface area contributed by atoms with Crippen molar-refractivity contribution in [2.75, 3.05) is 33.5 Å². The SMILES string of the molecule is COCCOCCOC(=O)c1sc(C(C)(C)c2c(Cl)cc(-n3ncc(=O)[nH]c3=O)cc2Cl)nc1-c1ccccc1. The third-order valence-electron chi connectivity index (χ3n) is 5.90. The van der Waals surface area contributed by atoms with E-state index in [0.29, 0.717) is 34.4 Å². The second kappa shape index (κ2) is 12.9. The molecule has 0 aliphatic carbocycles. The number of esters is 1. The normalized spacial score (nSPS) is 11.5. The Morgan fingerprint density at radius 3 is 2.38 bits per heavy atom. The third kappa shape index (κ3) is 6.51. The number of carbonyl (C=O) groups excluding carboxylic acids is 1. The molecule has 210 valence electrons. The number of hydrogen-bond acceptors (Lipinski definition) is 9. The molecule has 40 heavy (non-hydrogen) atoms. The molecule has 13 heteroatoms. The van der Waals surface area contributed by atoms with Crippen molar-refractivity contribution in [3.05, 3.63) is 95.0 Å². The molecule has 2 aromatic carbocycles. The summed E-state index contributed by atoms with van der Waals surface area (Å²) in [5, 5.41) is 4.94. The molecule has 0 unspecified atom stereocenters. The summed E-state index contributed by atoms with van der Waals surface area (Å²) in [5.41, 5.74) is -0.166. The van der Waals surface area contributed by atoms with Crippen molar-refractivity contribution >= 4 is 40.5 Å². The highest BCUT2D eigenvalue weighted by molar-refractivity contribution is 7.14. The monoisotopic (exact) mass is 604 g/mol. The number of aromatic nitrogens is 4. The smallest absolute Gasteiger partial charge is 0.350 e. The van der Waals surface area contributed by atoms with Gasteiger partial charge in [-0.2, -0.15) is 9.78 Å². The van der Waals surface area contributed by atoms with Gasteiger partial charge in [0.25, 0.3) is 5.56 Å². The number of H-pyrrole nitrogens is 1. The minimum atomic E-state index is -0.855. The zero-order valence-corrected chi connectivity index (χ0v) is 24.2. The first-order chi connectivity index (χ1) is 19.1. The first-order valence-electron chi connectivity index (χ1n) is 12.1. The van der Waals surface area contributed by atoms with Gasteiger partial charge in [0.15, 0.2) is 0 Å². The lowest BCUT2D eigenvalue weighted by Gasteiger charge is -2.25. The third-order valence-corrected chi connectivity index (χ3v) is 7.85. The maximum absolute atomic E-state index is 13.1. The molecule has 0 aliphatic rings. The summed E-state index contributed by atoms with van der Waals surface area (Å²) in [6.45, 7) is 4.93. The quantitative estimate of drug-likeness (QED) is 0.196. The summed E-state index contributed by atoms with van der Waals surface area (Å²) in [6.07, 6.45) is 0.980. The van der Waals surface area contributed by atoms with Gasteiger partial charge in [-0.05, 0) is 26.0 Å². The number of nitrogens with zero attached hydrogens (tertiary/aromatic N) is 3. The minimum Gasteiger partial charge on any atom is -0.459 e. The maximum atomic E-state index is 13.1. The molecule has 2 aromatic heterocycles. The van der Waals surface area contributed by atoms with Crippen molar-refractivity contribution in [1.29, 1.82) is 0 Å². The number of nitrogens with one attached hydrogen (secondary N) is 1. The first-order valence-corrected chi connectivity index (χ1v) is 13.7. The van der Waals surface area contributed by atoms with E-state index in [1.807, 2.05) is 44.2 Å². The number of carbonyl (C=O) groups is 1. The highest BCUT2D eigenvalue weighted by Crippen LogP contribution is 2.44. The second-order valence-electron chi connectivity index (χ2n) is 9.06. The summed E-state index contributed by atoms with van der Waals surface area (Å²) < 4.78 is 16.8. The fraction of sp³-hybridized carbons (Fsp3) is 0.296. The van der Waals surface area contributed by atoms with Crippen molar-refractivity contribution in [3.8, 4) is 16.9 Å². The predicted octanol–water partition coefficient (Wildman–Crippen LogP) is 4.50. The van der Waals surface area contributed by atoms with Gasteiger partial charge in [0.2, 0.25) is 0 Å². The molecule has 10 nitrogen and oxygen atoms in total. The second-order valence-corrected chi connectivity index (χ2v) is 10.9. The number of hydrogen-bond donors (Lipinski definition) is 1. The Bertz CT molecular complexity index is 1590. The van der Waals surface area contributed by atoms with Crippen LogP contribution in [0.3, 0.4) is 0 Å². The molecule has 0 aliphatic heterocycles. The van der Waals surface area contributed by atoms with Gasteiger partial charge in [0.1, 0.15) is 22.7 Å². The van der Waals surface area contributed by atoms with Crippen molar-refractivity contribution in [2.45, 2.75) is 19.3 Å². The molecule has 0 spiro atoms. The number of ether oxygens (including phenoxy) is 3. The van der Waals surface area contributed by atoms with Crippen LogP contribution in [0.2, 0.25) is 10.0 Å². The number of thiazole rings is 1. The summed E-state index contributed by atoms with van der Waals surface area (Å²) in [5.74, 6) is -0.523. The number of methoxy groups -OCH3 is 1. The molecular formula is C27H26Cl2N4O6S. The van der Waals surface area contributed by atoms with E-state index in [-0.39, 0.29) is 28.9 Å². The van der Waals surface area contributed by atoms with E-state index in [4.69, 9.17) is 42.4 Å². The summed E-state index contributed by atoms with van der Waals surface area (Å²) in [6, 6.07) is 12.4. The topological polar surface area (TPSA) is 125 Å². The molecule has 0 fully saturated rings. The molecule has 1 N–H and O–H groups in total. The van der Waals surface area contributed by atoms with Crippen LogP contribution in [0.5, 0.6) is 0 Å². The zero-order chi connectivity index (χ0) is 28.9. The van der Waals surface area contributed by atoms with Crippen molar-refractivity contribution < 1.29 is 19.0 Å². The Kier molecular flexibility index (Phi) is 9.54. The van der Waals surface area contributed by atoms with Crippen LogP contribution < -0.4 is 11.2 Å². The molecule has 4 rings (SSSR count). The van der Waals surface area contributed by atoms with E-state index >= 15 is 0 Å². The van der Waals surface area contributed by atoms with Crippen molar-refractivity contribution in [3.63, 3.8) is 0 Å². The van der Waals surface area contributed by atoms with Crippen LogP contribution in [-0.4, -0.2) is 59.3 Å². The molecule has 0 radical (unpaired) electrons. The Morgan fingerprint density at radius 2 is 1.73 bits per heavy atom. The van der Waals surface area contributed by atoms with Crippen LogP contribution in [0.1, 0.15) is 34.1 Å². The van der Waals surface area contributed by atoms with E-state index in [0.717, 1.165) is 16.4 Å². The fourth-order valence-corrected chi connectivity index (χ4v) is 5.98. The van der Waals surface area contributed by atoms with E-state index in [1.165, 1.54) is 23.5 Å².